The van der Waals surface area contributed by atoms with Crippen molar-refractivity contribution in [3.63, 3.8) is 0 Å². The Morgan fingerprint density at radius 1 is 1.44 bits per heavy atom. The Hall–Kier alpha value is -1.01. The van der Waals surface area contributed by atoms with Crippen LogP contribution in [0, 0.1) is 0 Å². The van der Waals surface area contributed by atoms with Crippen LogP contribution >= 0.6 is 23.1 Å². The van der Waals surface area contributed by atoms with Crippen molar-refractivity contribution >= 4 is 28.1 Å². The molecule has 0 aliphatic heterocycles. The molecule has 0 bridgehead atoms. The Labute approximate surface area is 114 Å². The fraction of sp³-hybridized carbons (Fsp3) is 0.500. The number of thiophene rings is 1. The molecule has 0 unspecified atom stereocenters. The van der Waals surface area contributed by atoms with Crippen molar-refractivity contribution in [1.29, 1.82) is 0 Å². The van der Waals surface area contributed by atoms with Crippen LogP contribution in [0.25, 0.3) is 11.5 Å². The normalized spacial score (nSPS) is 14.1. The Bertz CT molecular complexity index is 562. The second kappa shape index (κ2) is 4.93. The molecule has 0 atom stereocenters. The number of fused-ring (bicyclic) bond motifs is 1. The number of nitrogens with two attached hydrogens (primary N) is 1. The molecule has 0 amide bonds. The average Bonchev–Trinajstić information content (AvgIpc) is 3.01. The number of hydrogen-bond donors (Lipinski definition) is 1. The summed E-state index contributed by atoms with van der Waals surface area (Å²) in [5, 5.41) is 4.84. The van der Waals surface area contributed by atoms with Gasteiger partial charge in [0.25, 0.3) is 5.89 Å². The van der Waals surface area contributed by atoms with E-state index in [1.807, 2.05) is 0 Å². The van der Waals surface area contributed by atoms with Crippen molar-refractivity contribution in [1.82, 2.24) is 10.1 Å². The smallest absolute Gasteiger partial charge is 0.261 e. The second-order valence-corrected chi connectivity index (χ2v) is 6.66. The van der Waals surface area contributed by atoms with Crippen LogP contribution in [0.5, 0.6) is 0 Å². The monoisotopic (exact) mass is 281 g/mol. The molecule has 1 aliphatic rings. The molecule has 6 heteroatoms. The highest BCUT2D eigenvalue weighted by Gasteiger charge is 2.25. The zero-order valence-electron chi connectivity index (χ0n) is 10.2. The van der Waals surface area contributed by atoms with Gasteiger partial charge in [-0.1, -0.05) is 12.1 Å². The first-order valence-electron chi connectivity index (χ1n) is 6.10. The third-order valence-corrected chi connectivity index (χ3v) is 5.06. The topological polar surface area (TPSA) is 64.9 Å². The van der Waals surface area contributed by atoms with E-state index in [2.05, 4.69) is 17.1 Å². The van der Waals surface area contributed by atoms with Crippen molar-refractivity contribution in [2.75, 3.05) is 11.5 Å². The molecule has 2 aromatic rings. The van der Waals surface area contributed by atoms with Gasteiger partial charge in [0, 0.05) is 4.88 Å². The fourth-order valence-corrected chi connectivity index (χ4v) is 3.92. The predicted octanol–water partition coefficient (Wildman–Crippen LogP) is 3.12. The Morgan fingerprint density at radius 2 is 2.33 bits per heavy atom. The van der Waals surface area contributed by atoms with Crippen LogP contribution in [0.1, 0.15) is 29.6 Å². The summed E-state index contributed by atoms with van der Waals surface area (Å²) in [6, 6.07) is 0. The van der Waals surface area contributed by atoms with Crippen molar-refractivity contribution < 1.29 is 4.52 Å². The molecular weight excluding hydrogens is 266 g/mol. The third-order valence-electron chi connectivity index (χ3n) is 3.07. The zero-order chi connectivity index (χ0) is 12.5. The molecule has 0 fully saturated rings. The third kappa shape index (κ3) is 2.03. The molecule has 2 heterocycles. The molecule has 1 aliphatic carbocycles. The van der Waals surface area contributed by atoms with Gasteiger partial charge in [0.2, 0.25) is 0 Å². The van der Waals surface area contributed by atoms with E-state index in [4.69, 9.17) is 10.3 Å². The maximum absolute atomic E-state index is 6.08. The van der Waals surface area contributed by atoms with Crippen LogP contribution in [-0.2, 0) is 18.6 Å². The maximum atomic E-state index is 6.08. The van der Waals surface area contributed by atoms with Crippen LogP contribution in [0.15, 0.2) is 4.52 Å². The summed E-state index contributed by atoms with van der Waals surface area (Å²) in [6.07, 6.45) is 3.43. The molecule has 2 aromatic heterocycles. The Balaban J connectivity index is 1.92. The largest absolute Gasteiger partial charge is 0.390 e. The number of thioether (sulfide) groups is 1. The molecule has 3 rings (SSSR count). The van der Waals surface area contributed by atoms with Gasteiger partial charge in [0.05, 0.1) is 16.3 Å². The maximum Gasteiger partial charge on any atom is 0.261 e. The van der Waals surface area contributed by atoms with Crippen LogP contribution in [0.2, 0.25) is 0 Å². The number of hydrogen-bond acceptors (Lipinski definition) is 6. The van der Waals surface area contributed by atoms with E-state index in [1.165, 1.54) is 16.9 Å². The minimum absolute atomic E-state index is 0.596. The first kappa shape index (κ1) is 12.0. The van der Waals surface area contributed by atoms with Gasteiger partial charge in [-0.3, -0.25) is 0 Å². The van der Waals surface area contributed by atoms with Gasteiger partial charge in [0.15, 0.2) is 5.82 Å². The van der Waals surface area contributed by atoms with Gasteiger partial charge >= 0.3 is 0 Å². The van der Waals surface area contributed by atoms with Crippen LogP contribution in [0.4, 0.5) is 5.00 Å². The average molecular weight is 281 g/mol. The standard InChI is InChI=1S/C12H15N3OS2/c1-2-17-6-9-14-12(16-15-9)10-7-4-3-5-8(7)18-11(10)13/h2-6,13H2,1H3. The minimum atomic E-state index is 0.596. The summed E-state index contributed by atoms with van der Waals surface area (Å²) >= 11 is 3.46. The number of rotatable bonds is 4. The van der Waals surface area contributed by atoms with E-state index in [1.54, 1.807) is 23.1 Å². The van der Waals surface area contributed by atoms with Crippen molar-refractivity contribution in [3.8, 4) is 11.5 Å². The Morgan fingerprint density at radius 3 is 3.17 bits per heavy atom. The molecule has 0 radical (unpaired) electrons. The summed E-state index contributed by atoms with van der Waals surface area (Å²) in [4.78, 5) is 5.85. The van der Waals surface area contributed by atoms with Gasteiger partial charge < -0.3 is 10.3 Å². The first-order chi connectivity index (χ1) is 8.79. The highest BCUT2D eigenvalue weighted by Crippen LogP contribution is 2.42. The van der Waals surface area contributed by atoms with E-state index in [-0.39, 0.29) is 0 Å². The summed E-state index contributed by atoms with van der Waals surface area (Å²) in [5.41, 5.74) is 8.40. The highest BCUT2D eigenvalue weighted by atomic mass is 32.2. The molecule has 0 aromatic carbocycles. The lowest BCUT2D eigenvalue weighted by Gasteiger charge is -1.96. The molecular formula is C12H15N3OS2. The first-order valence-corrected chi connectivity index (χ1v) is 8.07. The lowest BCUT2D eigenvalue weighted by atomic mass is 10.1. The molecule has 0 saturated carbocycles. The molecule has 18 heavy (non-hydrogen) atoms. The van der Waals surface area contributed by atoms with Gasteiger partial charge in [-0.25, -0.2) is 0 Å². The molecule has 0 saturated heterocycles. The number of nitrogens with zero attached hydrogens (tertiary/aromatic N) is 2. The summed E-state index contributed by atoms with van der Waals surface area (Å²) in [6.45, 7) is 2.12. The fourth-order valence-electron chi connectivity index (χ4n) is 2.27. The highest BCUT2D eigenvalue weighted by molar-refractivity contribution is 7.98. The molecule has 4 nitrogen and oxygen atoms in total. The summed E-state index contributed by atoms with van der Waals surface area (Å²) in [7, 11) is 0. The Kier molecular flexibility index (Phi) is 3.30. The van der Waals surface area contributed by atoms with Gasteiger partial charge in [-0.15, -0.1) is 11.3 Å². The molecule has 0 spiro atoms. The van der Waals surface area contributed by atoms with Crippen LogP contribution < -0.4 is 5.73 Å². The second-order valence-electron chi connectivity index (χ2n) is 4.25. The van der Waals surface area contributed by atoms with Crippen molar-refractivity contribution in [2.45, 2.75) is 31.9 Å². The molecule has 96 valence electrons. The van der Waals surface area contributed by atoms with Crippen molar-refractivity contribution in [3.05, 3.63) is 16.3 Å². The van der Waals surface area contributed by atoms with Crippen LogP contribution in [-0.4, -0.2) is 15.9 Å². The molecule has 2 N–H and O–H groups in total. The lowest BCUT2D eigenvalue weighted by molar-refractivity contribution is 0.425. The van der Waals surface area contributed by atoms with E-state index < -0.39 is 0 Å². The zero-order valence-corrected chi connectivity index (χ0v) is 11.9. The van der Waals surface area contributed by atoms with Gasteiger partial charge in [0.1, 0.15) is 0 Å². The van der Waals surface area contributed by atoms with E-state index in [9.17, 15) is 0 Å². The lowest BCUT2D eigenvalue weighted by Crippen LogP contribution is -1.89. The predicted molar refractivity (Wildman–Crippen MR) is 75.9 cm³/mol. The van der Waals surface area contributed by atoms with Gasteiger partial charge in [-0.2, -0.15) is 16.7 Å². The number of aryl methyl sites for hydroxylation is 1. The quantitative estimate of drug-likeness (QED) is 0.932. The summed E-state index contributed by atoms with van der Waals surface area (Å²) in [5.74, 6) is 3.21. The minimum Gasteiger partial charge on any atom is -0.390 e. The number of nitrogen functional groups attached to an aromatic ring is 1. The number of aromatic nitrogens is 2. The van der Waals surface area contributed by atoms with Crippen molar-refractivity contribution in [2.24, 2.45) is 0 Å². The van der Waals surface area contributed by atoms with E-state index in [0.717, 1.165) is 40.7 Å². The summed E-state index contributed by atoms with van der Waals surface area (Å²) < 4.78 is 5.36. The number of anilines is 1. The van der Waals surface area contributed by atoms with Crippen LogP contribution in [0.3, 0.4) is 0 Å². The van der Waals surface area contributed by atoms with E-state index in [0.29, 0.717) is 5.89 Å². The SMILES string of the molecule is CCSCc1noc(-c2c(N)sc3c2CCC3)n1. The van der Waals surface area contributed by atoms with E-state index >= 15 is 0 Å². The van der Waals surface area contributed by atoms with Gasteiger partial charge in [-0.05, 0) is 30.6 Å².